The minimum atomic E-state index is 0.720. The van der Waals surface area contributed by atoms with E-state index in [4.69, 9.17) is 0 Å². The van der Waals surface area contributed by atoms with Crippen LogP contribution in [0.3, 0.4) is 0 Å². The van der Waals surface area contributed by atoms with Gasteiger partial charge in [-0.2, -0.15) is 10.2 Å². The van der Waals surface area contributed by atoms with Crippen molar-refractivity contribution < 1.29 is 0 Å². The molecule has 3 aromatic carbocycles. The first-order chi connectivity index (χ1) is 12.8. The molecule has 3 aromatic rings. The molecule has 0 radical (unpaired) electrons. The molecule has 0 unspecified atom stereocenters. The van der Waals surface area contributed by atoms with Gasteiger partial charge in [-0.05, 0) is 30.5 Å². The summed E-state index contributed by atoms with van der Waals surface area (Å²) in [6.07, 6.45) is 0.853. The van der Waals surface area contributed by atoms with Crippen LogP contribution in [0.15, 0.2) is 89.1 Å². The maximum Gasteiger partial charge on any atom is 0.174 e. The molecule has 1 aliphatic heterocycles. The lowest BCUT2D eigenvalue weighted by molar-refractivity contribution is 0.881. The number of rotatable bonds is 4. The van der Waals surface area contributed by atoms with Crippen LogP contribution >= 0.6 is 0 Å². The Morgan fingerprint density at radius 2 is 1.46 bits per heavy atom. The van der Waals surface area contributed by atoms with Gasteiger partial charge >= 0.3 is 0 Å². The molecule has 0 saturated carbocycles. The molecule has 0 spiro atoms. The van der Waals surface area contributed by atoms with Gasteiger partial charge in [0.2, 0.25) is 0 Å². The summed E-state index contributed by atoms with van der Waals surface area (Å²) in [6, 6.07) is 26.9. The molecular weight excluding hydrogens is 320 g/mol. The Labute approximate surface area is 153 Å². The first-order valence-corrected chi connectivity index (χ1v) is 8.66. The molecule has 0 amide bonds. The predicted molar refractivity (Wildman–Crippen MR) is 106 cm³/mol. The number of amidine groups is 2. The monoisotopic (exact) mass is 340 g/mol. The lowest BCUT2D eigenvalue weighted by Crippen LogP contribution is -2.35. The highest BCUT2D eigenvalue weighted by Gasteiger charge is 2.14. The molecule has 0 saturated heterocycles. The van der Waals surface area contributed by atoms with Gasteiger partial charge in [-0.1, -0.05) is 78.4 Å². The topological polar surface area (TPSA) is 48.8 Å². The van der Waals surface area contributed by atoms with Gasteiger partial charge < -0.3 is 0 Å². The smallest absolute Gasteiger partial charge is 0.174 e. The Morgan fingerprint density at radius 1 is 0.731 bits per heavy atom. The third-order valence-corrected chi connectivity index (χ3v) is 4.35. The summed E-state index contributed by atoms with van der Waals surface area (Å²) < 4.78 is 0. The fourth-order valence-electron chi connectivity index (χ4n) is 3.03. The Morgan fingerprint density at radius 3 is 2.23 bits per heavy atom. The molecule has 2 N–H and O–H groups in total. The molecular formula is C22H20N4. The van der Waals surface area contributed by atoms with Gasteiger partial charge in [0.25, 0.3) is 0 Å². The van der Waals surface area contributed by atoms with Crippen molar-refractivity contribution >= 4 is 11.7 Å². The molecule has 4 heteroatoms. The lowest BCUT2D eigenvalue weighted by Gasteiger charge is -2.17. The van der Waals surface area contributed by atoms with E-state index in [1.54, 1.807) is 0 Å². The third kappa shape index (κ3) is 3.49. The average Bonchev–Trinajstić information content (AvgIpc) is 2.69. The lowest BCUT2D eigenvalue weighted by atomic mass is 9.99. The van der Waals surface area contributed by atoms with Crippen LogP contribution in [0, 0.1) is 6.92 Å². The van der Waals surface area contributed by atoms with Crippen molar-refractivity contribution in [1.29, 1.82) is 0 Å². The fraction of sp³-hybridized carbons (Fsp3) is 0.0909. The normalized spacial score (nSPS) is 13.3. The van der Waals surface area contributed by atoms with E-state index in [9.17, 15) is 0 Å². The zero-order valence-corrected chi connectivity index (χ0v) is 14.6. The van der Waals surface area contributed by atoms with Crippen LogP contribution in [0.1, 0.15) is 27.8 Å². The van der Waals surface area contributed by atoms with Crippen molar-refractivity contribution in [3.8, 4) is 0 Å². The SMILES string of the molecule is Cc1cccc(C2=NNC(c3ccccc3Cc3ccccc3)=NN2)c1. The number of hydrogen-bond donors (Lipinski definition) is 2. The van der Waals surface area contributed by atoms with Crippen molar-refractivity contribution in [1.82, 2.24) is 10.9 Å². The third-order valence-electron chi connectivity index (χ3n) is 4.35. The zero-order chi connectivity index (χ0) is 17.8. The Kier molecular flexibility index (Phi) is 4.48. The maximum atomic E-state index is 4.51. The molecule has 0 aliphatic carbocycles. The summed E-state index contributed by atoms with van der Waals surface area (Å²) >= 11 is 0. The van der Waals surface area contributed by atoms with E-state index in [-0.39, 0.29) is 0 Å². The largest absolute Gasteiger partial charge is 0.257 e. The van der Waals surface area contributed by atoms with Crippen LogP contribution in [0.2, 0.25) is 0 Å². The van der Waals surface area contributed by atoms with E-state index in [2.05, 4.69) is 82.6 Å². The van der Waals surface area contributed by atoms with Gasteiger partial charge in [-0.15, -0.1) is 0 Å². The van der Waals surface area contributed by atoms with Crippen LogP contribution in [-0.2, 0) is 6.42 Å². The van der Waals surface area contributed by atoms with Crippen LogP contribution in [0.25, 0.3) is 0 Å². The first kappa shape index (κ1) is 16.1. The number of aryl methyl sites for hydroxylation is 1. The highest BCUT2D eigenvalue weighted by Crippen LogP contribution is 2.16. The number of nitrogens with one attached hydrogen (secondary N) is 2. The molecule has 0 fully saturated rings. The van der Waals surface area contributed by atoms with Crippen molar-refractivity contribution in [3.63, 3.8) is 0 Å². The van der Waals surface area contributed by atoms with Gasteiger partial charge in [0.05, 0.1) is 0 Å². The van der Waals surface area contributed by atoms with Gasteiger partial charge in [0.1, 0.15) is 0 Å². The van der Waals surface area contributed by atoms with Crippen molar-refractivity contribution in [2.75, 3.05) is 0 Å². The predicted octanol–water partition coefficient (Wildman–Crippen LogP) is 3.80. The minimum absolute atomic E-state index is 0.720. The van der Waals surface area contributed by atoms with Crippen LogP contribution in [-0.4, -0.2) is 11.7 Å². The Balaban J connectivity index is 1.56. The zero-order valence-electron chi connectivity index (χ0n) is 14.6. The highest BCUT2D eigenvalue weighted by molar-refractivity contribution is 6.06. The molecule has 4 nitrogen and oxygen atoms in total. The summed E-state index contributed by atoms with van der Waals surface area (Å²) in [5.41, 5.74) is 11.9. The summed E-state index contributed by atoms with van der Waals surface area (Å²) in [6.45, 7) is 2.06. The summed E-state index contributed by atoms with van der Waals surface area (Å²) in [5, 5.41) is 8.99. The molecule has 0 aromatic heterocycles. The number of hydrazone groups is 2. The van der Waals surface area contributed by atoms with E-state index in [0.29, 0.717) is 0 Å². The van der Waals surface area contributed by atoms with E-state index in [1.165, 1.54) is 16.7 Å². The second-order valence-corrected chi connectivity index (χ2v) is 6.33. The van der Waals surface area contributed by atoms with E-state index in [1.807, 2.05) is 24.3 Å². The maximum absolute atomic E-state index is 4.51. The molecule has 1 heterocycles. The Bertz CT molecular complexity index is 974. The van der Waals surface area contributed by atoms with Crippen molar-refractivity contribution in [2.24, 2.45) is 10.2 Å². The molecule has 4 rings (SSSR count). The van der Waals surface area contributed by atoms with Gasteiger partial charge in [-0.25, -0.2) is 0 Å². The quantitative estimate of drug-likeness (QED) is 0.759. The van der Waals surface area contributed by atoms with Gasteiger partial charge in [0, 0.05) is 11.1 Å². The van der Waals surface area contributed by atoms with E-state index >= 15 is 0 Å². The first-order valence-electron chi connectivity index (χ1n) is 8.66. The number of benzene rings is 3. The fourth-order valence-corrected chi connectivity index (χ4v) is 3.03. The summed E-state index contributed by atoms with van der Waals surface area (Å²) in [4.78, 5) is 0. The van der Waals surface area contributed by atoms with Crippen LogP contribution < -0.4 is 10.9 Å². The van der Waals surface area contributed by atoms with Crippen molar-refractivity contribution in [3.05, 3.63) is 107 Å². The summed E-state index contributed by atoms with van der Waals surface area (Å²) in [5.74, 6) is 1.45. The second-order valence-electron chi connectivity index (χ2n) is 6.33. The molecule has 128 valence electrons. The molecule has 0 bridgehead atoms. The second kappa shape index (κ2) is 7.23. The van der Waals surface area contributed by atoms with Gasteiger partial charge in [0.15, 0.2) is 11.7 Å². The molecule has 26 heavy (non-hydrogen) atoms. The standard InChI is InChI=1S/C22H20N4/c1-16-8-7-12-19(14-16)21-23-25-22(26-24-21)20-13-6-5-11-18(20)15-17-9-3-2-4-10-17/h2-14H,15H2,1H3,(H,23,24)(H,25,26). The van der Waals surface area contributed by atoms with Gasteiger partial charge in [-0.3, -0.25) is 10.9 Å². The Hall–Kier alpha value is -3.40. The molecule has 1 aliphatic rings. The molecule has 0 atom stereocenters. The minimum Gasteiger partial charge on any atom is -0.257 e. The summed E-state index contributed by atoms with van der Waals surface area (Å²) in [7, 11) is 0. The number of nitrogens with zero attached hydrogens (tertiary/aromatic N) is 2. The highest BCUT2D eigenvalue weighted by atomic mass is 15.5. The number of hydrogen-bond acceptors (Lipinski definition) is 4. The van der Waals surface area contributed by atoms with Crippen molar-refractivity contribution in [2.45, 2.75) is 13.3 Å². The average molecular weight is 340 g/mol. The van der Waals surface area contributed by atoms with Crippen LogP contribution in [0.5, 0.6) is 0 Å². The van der Waals surface area contributed by atoms with E-state index in [0.717, 1.165) is 29.2 Å². The van der Waals surface area contributed by atoms with Crippen LogP contribution in [0.4, 0.5) is 0 Å². The van der Waals surface area contributed by atoms with E-state index < -0.39 is 0 Å².